The Labute approximate surface area is 159 Å². The minimum Gasteiger partial charge on any atom is -0.461 e. The number of hydrogen-bond acceptors (Lipinski definition) is 4. The van der Waals surface area contributed by atoms with Gasteiger partial charge < -0.3 is 17.5 Å². The molecule has 0 saturated carbocycles. The number of nitrogens with zero attached hydrogens (tertiary/aromatic N) is 2. The van der Waals surface area contributed by atoms with Gasteiger partial charge in [-0.05, 0) is 19.0 Å². The number of carbonyl (C=O) groups is 2. The summed E-state index contributed by atoms with van der Waals surface area (Å²) in [6.45, 7) is 2.50. The molecule has 0 atom stereocenters. The largest absolute Gasteiger partial charge is 2.00 e. The van der Waals surface area contributed by atoms with Crippen LogP contribution in [0.25, 0.3) is 5.69 Å². The van der Waals surface area contributed by atoms with Gasteiger partial charge in [0.15, 0.2) is 5.69 Å². The summed E-state index contributed by atoms with van der Waals surface area (Å²) in [6, 6.07) is 9.93. The summed E-state index contributed by atoms with van der Waals surface area (Å²) in [5, 5.41) is 7.07. The Morgan fingerprint density at radius 3 is 2.78 bits per heavy atom. The van der Waals surface area contributed by atoms with Crippen molar-refractivity contribution in [3.05, 3.63) is 54.7 Å². The van der Waals surface area contributed by atoms with E-state index in [1.807, 2.05) is 0 Å². The van der Waals surface area contributed by atoms with Crippen LogP contribution in [-0.4, -0.2) is 34.8 Å². The van der Waals surface area contributed by atoms with Crippen molar-refractivity contribution in [2.24, 2.45) is 0 Å². The number of aromatic nitrogens is 2. The number of amides is 1. The zero-order valence-corrected chi connectivity index (χ0v) is 17.2. The molecule has 0 saturated heterocycles. The number of ether oxygens (including phenoxy) is 1. The van der Waals surface area contributed by atoms with Crippen LogP contribution in [0.3, 0.4) is 0 Å². The van der Waals surface area contributed by atoms with E-state index in [1.165, 1.54) is 4.68 Å². The molecule has 1 aliphatic rings. The van der Waals surface area contributed by atoms with Crippen molar-refractivity contribution in [3.8, 4) is 5.69 Å². The molecular weight excluding hydrogens is 520 g/mol. The molecule has 23 heavy (non-hydrogen) atoms. The molecule has 0 bridgehead atoms. The molecule has 6 nitrogen and oxygen atoms in total. The minimum absolute atomic E-state index is 0. The van der Waals surface area contributed by atoms with E-state index >= 15 is 0 Å². The molecule has 2 heterocycles. The van der Waals surface area contributed by atoms with Gasteiger partial charge in [-0.1, -0.05) is 0 Å². The van der Waals surface area contributed by atoms with Crippen LogP contribution >= 0.6 is 0 Å². The third kappa shape index (κ3) is 3.68. The van der Waals surface area contributed by atoms with Crippen molar-refractivity contribution in [2.75, 3.05) is 13.2 Å². The topological polar surface area (TPSA) is 73.2 Å². The maximum Gasteiger partial charge on any atom is 2.00 e. The van der Waals surface area contributed by atoms with Gasteiger partial charge in [0.2, 0.25) is 0 Å². The van der Waals surface area contributed by atoms with Gasteiger partial charge >= 0.3 is 37.1 Å². The van der Waals surface area contributed by atoms with Gasteiger partial charge in [-0.3, -0.25) is 9.48 Å². The van der Waals surface area contributed by atoms with Gasteiger partial charge in [0, 0.05) is 12.1 Å². The molecule has 2 aromatic rings. The maximum absolute atomic E-state index is 12.1. The molecule has 0 radical (unpaired) electrons. The van der Waals surface area contributed by atoms with Crippen molar-refractivity contribution in [3.63, 3.8) is 0 Å². The van der Waals surface area contributed by atoms with Crippen molar-refractivity contribution in [2.45, 2.75) is 13.3 Å². The number of rotatable bonds is 3. The number of nitrogens with one attached hydrogen (secondary N) is 1. The third-order valence-corrected chi connectivity index (χ3v) is 3.27. The molecule has 1 amide bonds. The smallest absolute Gasteiger partial charge is 0.461 e. The quantitative estimate of drug-likeness (QED) is 0.477. The van der Waals surface area contributed by atoms with Gasteiger partial charge in [-0.15, -0.1) is 12.1 Å². The second-order valence-electron chi connectivity index (χ2n) is 4.57. The minimum atomic E-state index is -0.496. The molecule has 118 valence electrons. The summed E-state index contributed by atoms with van der Waals surface area (Å²) in [5.74, 6) is -0.725. The number of esters is 1. The fourth-order valence-electron chi connectivity index (χ4n) is 2.37. The summed E-state index contributed by atoms with van der Waals surface area (Å²) in [4.78, 5) is 24.2. The Morgan fingerprint density at radius 2 is 2.13 bits per heavy atom. The van der Waals surface area contributed by atoms with Crippen LogP contribution < -0.4 is 5.32 Å². The molecular formula is C16H17N3O3U. The molecule has 0 aliphatic carbocycles. The Hall–Kier alpha value is -1.58. The summed E-state index contributed by atoms with van der Waals surface area (Å²) in [6.07, 6.45) is 0.564. The molecule has 1 aliphatic heterocycles. The van der Waals surface area contributed by atoms with Crippen molar-refractivity contribution in [1.82, 2.24) is 15.1 Å². The second kappa shape index (κ2) is 8.32. The van der Waals surface area contributed by atoms with Gasteiger partial charge in [0.25, 0.3) is 5.91 Å². The van der Waals surface area contributed by atoms with Gasteiger partial charge in [-0.25, -0.2) is 4.79 Å². The van der Waals surface area contributed by atoms with Crippen LogP contribution in [-0.2, 0) is 11.2 Å². The third-order valence-electron chi connectivity index (χ3n) is 3.27. The summed E-state index contributed by atoms with van der Waals surface area (Å²) >= 11 is 0. The average molecular weight is 537 g/mol. The maximum atomic E-state index is 12.1. The van der Waals surface area contributed by atoms with E-state index in [2.05, 4.69) is 16.5 Å². The van der Waals surface area contributed by atoms with E-state index in [0.717, 1.165) is 0 Å². The van der Waals surface area contributed by atoms with E-state index in [9.17, 15) is 9.59 Å². The number of hydrogen-bond donors (Lipinski definition) is 1. The van der Waals surface area contributed by atoms with Crippen molar-refractivity contribution < 1.29 is 45.4 Å². The molecule has 3 rings (SSSR count). The van der Waals surface area contributed by atoms with Crippen LogP contribution in [0, 0.1) is 44.6 Å². The van der Waals surface area contributed by atoms with E-state index in [0.29, 0.717) is 29.9 Å². The first-order valence-electron chi connectivity index (χ1n) is 6.76. The Balaban J connectivity index is 0.00000132. The zero-order valence-electron chi connectivity index (χ0n) is 13.0. The first-order valence-corrected chi connectivity index (χ1v) is 6.76. The summed E-state index contributed by atoms with van der Waals surface area (Å²) < 4.78 is 6.52. The molecule has 7 heteroatoms. The molecule has 0 fully saturated rings. The van der Waals surface area contributed by atoms with Crippen LogP contribution in [0.4, 0.5) is 0 Å². The zero-order chi connectivity index (χ0) is 14.8. The second-order valence-corrected chi connectivity index (χ2v) is 4.57. The molecule has 0 spiro atoms. The van der Waals surface area contributed by atoms with Gasteiger partial charge in [0.05, 0.1) is 6.61 Å². The summed E-state index contributed by atoms with van der Waals surface area (Å²) in [7, 11) is 0. The van der Waals surface area contributed by atoms with Gasteiger partial charge in [-0.2, -0.15) is 23.3 Å². The van der Waals surface area contributed by atoms with Crippen LogP contribution in [0.1, 0.15) is 33.5 Å². The standard InChI is InChI=1S/C15H14N3O3.CH3.U/c1-2-21-15(20)12-11-8-9-16-14(19)13(11)18(17-12)10-6-4-3-5-7-10;;/h4-7H,2,8-9H2,1H3,(H,16,19);1H3;/q2*-1;+2. The predicted molar refractivity (Wildman–Crippen MR) is 80.8 cm³/mol. The molecule has 1 N–H and O–H groups in total. The number of carbonyl (C=O) groups excluding carboxylic acids is 2. The Morgan fingerprint density at radius 1 is 1.43 bits per heavy atom. The molecule has 1 aromatic heterocycles. The van der Waals surface area contributed by atoms with Crippen LogP contribution in [0.15, 0.2) is 24.3 Å². The first-order chi connectivity index (χ1) is 10.2. The Kier molecular flexibility index (Phi) is 7.05. The van der Waals surface area contributed by atoms with E-state index in [-0.39, 0.29) is 56.7 Å². The van der Waals surface area contributed by atoms with Crippen molar-refractivity contribution in [1.29, 1.82) is 0 Å². The predicted octanol–water partition coefficient (Wildman–Crippen LogP) is 1.59. The SMILES string of the molecule is CCOC(=O)c1nn(-c2cc[c-]cc2)c2c1CCNC2=O.[CH3-].[U+2]. The molecule has 0 unspecified atom stereocenters. The van der Waals surface area contributed by atoms with Crippen LogP contribution in [0.2, 0.25) is 0 Å². The number of fused-ring (bicyclic) bond motifs is 1. The Bertz CT molecular complexity index is 698. The monoisotopic (exact) mass is 537 g/mol. The fourth-order valence-corrected chi connectivity index (χ4v) is 2.37. The van der Waals surface area contributed by atoms with E-state index in [1.54, 1.807) is 31.2 Å². The van der Waals surface area contributed by atoms with Crippen molar-refractivity contribution >= 4 is 11.9 Å². The molecule has 1 aromatic carbocycles. The first kappa shape index (κ1) is 19.5. The van der Waals surface area contributed by atoms with Crippen LogP contribution in [0.5, 0.6) is 0 Å². The van der Waals surface area contributed by atoms with E-state index in [4.69, 9.17) is 4.74 Å². The summed E-state index contributed by atoms with van der Waals surface area (Å²) in [5.41, 5.74) is 1.97. The number of benzene rings is 1. The normalized spacial score (nSPS) is 12.3. The van der Waals surface area contributed by atoms with Gasteiger partial charge in [0.1, 0.15) is 5.69 Å². The van der Waals surface area contributed by atoms with E-state index < -0.39 is 5.97 Å². The average Bonchev–Trinajstić information content (AvgIpc) is 2.89. The fraction of sp³-hybridized carbons (Fsp3) is 0.250.